The van der Waals surface area contributed by atoms with Crippen LogP contribution in [0.4, 0.5) is 8.78 Å². The van der Waals surface area contributed by atoms with E-state index in [9.17, 15) is 18.4 Å². The molecule has 23 heavy (non-hydrogen) atoms. The van der Waals surface area contributed by atoms with Crippen molar-refractivity contribution in [1.82, 2.24) is 5.32 Å². The molecule has 126 valence electrons. The first-order valence-corrected chi connectivity index (χ1v) is 7.10. The molecule has 1 aliphatic rings. The van der Waals surface area contributed by atoms with Crippen molar-refractivity contribution >= 4 is 11.9 Å². The highest BCUT2D eigenvalue weighted by atomic mass is 19.3. The van der Waals surface area contributed by atoms with E-state index in [0.29, 0.717) is 18.4 Å². The number of carboxylic acids is 1. The van der Waals surface area contributed by atoms with Crippen molar-refractivity contribution in [3.8, 4) is 5.75 Å². The Morgan fingerprint density at radius 3 is 2.39 bits per heavy atom. The Morgan fingerprint density at radius 2 is 1.87 bits per heavy atom. The van der Waals surface area contributed by atoms with E-state index in [4.69, 9.17) is 9.84 Å². The molecule has 0 saturated carbocycles. The predicted molar refractivity (Wildman–Crippen MR) is 75.2 cm³/mol. The molecule has 2 N–H and O–H groups in total. The highest BCUT2D eigenvalue weighted by Gasteiger charge is 2.35. The third-order valence-electron chi connectivity index (χ3n) is 3.55. The second-order valence-electron chi connectivity index (χ2n) is 5.21. The van der Waals surface area contributed by atoms with Gasteiger partial charge in [0.15, 0.2) is 6.10 Å². The fraction of sp³-hybridized carbons (Fsp3) is 0.467. The Balaban J connectivity index is 1.90. The maximum Gasteiger partial charge on any atom is 0.387 e. The molecule has 8 heteroatoms. The SMILES string of the molecule is CC(NC(=O)[C@@H]1CC[C@H](C(=O)O)O1)c1ccc(OC(F)F)cc1. The molecule has 1 saturated heterocycles. The van der Waals surface area contributed by atoms with E-state index in [0.717, 1.165) is 0 Å². The average molecular weight is 329 g/mol. The third-order valence-corrected chi connectivity index (χ3v) is 3.55. The molecule has 0 radical (unpaired) electrons. The van der Waals surface area contributed by atoms with Gasteiger partial charge in [0, 0.05) is 0 Å². The zero-order valence-corrected chi connectivity index (χ0v) is 12.4. The number of carbonyl (C=O) groups is 2. The van der Waals surface area contributed by atoms with Gasteiger partial charge in [-0.15, -0.1) is 0 Å². The molecule has 1 aromatic rings. The molecule has 0 bridgehead atoms. The van der Waals surface area contributed by atoms with Crippen LogP contribution in [0.25, 0.3) is 0 Å². The summed E-state index contributed by atoms with van der Waals surface area (Å²) < 4.78 is 33.6. The molecule has 1 aliphatic heterocycles. The van der Waals surface area contributed by atoms with Crippen molar-refractivity contribution in [2.45, 2.75) is 44.6 Å². The fourth-order valence-electron chi connectivity index (χ4n) is 2.34. The number of alkyl halides is 2. The minimum atomic E-state index is -2.89. The van der Waals surface area contributed by atoms with E-state index in [-0.39, 0.29) is 11.8 Å². The highest BCUT2D eigenvalue weighted by molar-refractivity contribution is 5.83. The van der Waals surface area contributed by atoms with Gasteiger partial charge in [0.25, 0.3) is 0 Å². The molecular weight excluding hydrogens is 312 g/mol. The first-order chi connectivity index (χ1) is 10.9. The normalized spacial score (nSPS) is 21.9. The van der Waals surface area contributed by atoms with Crippen LogP contribution in [0.15, 0.2) is 24.3 Å². The first-order valence-electron chi connectivity index (χ1n) is 7.10. The van der Waals surface area contributed by atoms with Gasteiger partial charge in [-0.3, -0.25) is 4.79 Å². The summed E-state index contributed by atoms with van der Waals surface area (Å²) in [5.41, 5.74) is 0.702. The summed E-state index contributed by atoms with van der Waals surface area (Å²) in [5, 5.41) is 11.6. The Bertz CT molecular complexity index is 563. The van der Waals surface area contributed by atoms with Gasteiger partial charge in [-0.1, -0.05) is 12.1 Å². The van der Waals surface area contributed by atoms with Gasteiger partial charge in [-0.25, -0.2) is 4.79 Å². The quantitative estimate of drug-likeness (QED) is 0.835. The van der Waals surface area contributed by atoms with Crippen LogP contribution in [0, 0.1) is 0 Å². The lowest BCUT2D eigenvalue weighted by molar-refractivity contribution is -0.151. The monoisotopic (exact) mass is 329 g/mol. The zero-order chi connectivity index (χ0) is 17.0. The van der Waals surface area contributed by atoms with Crippen LogP contribution in [-0.2, 0) is 14.3 Å². The minimum Gasteiger partial charge on any atom is -0.479 e. The summed E-state index contributed by atoms with van der Waals surface area (Å²) in [7, 11) is 0. The number of halogens is 2. The van der Waals surface area contributed by atoms with Crippen molar-refractivity contribution in [2.24, 2.45) is 0 Å². The molecule has 1 amide bonds. The number of aliphatic carboxylic acids is 1. The van der Waals surface area contributed by atoms with E-state index >= 15 is 0 Å². The van der Waals surface area contributed by atoms with Gasteiger partial charge in [0.05, 0.1) is 6.04 Å². The number of carboxylic acid groups (broad SMARTS) is 1. The Morgan fingerprint density at radius 1 is 1.26 bits per heavy atom. The van der Waals surface area contributed by atoms with E-state index in [1.807, 2.05) is 0 Å². The van der Waals surface area contributed by atoms with E-state index < -0.39 is 30.7 Å². The largest absolute Gasteiger partial charge is 0.479 e. The van der Waals surface area contributed by atoms with E-state index in [2.05, 4.69) is 10.1 Å². The van der Waals surface area contributed by atoms with Crippen LogP contribution < -0.4 is 10.1 Å². The molecule has 1 unspecified atom stereocenters. The highest BCUT2D eigenvalue weighted by Crippen LogP contribution is 2.22. The van der Waals surface area contributed by atoms with E-state index in [1.165, 1.54) is 12.1 Å². The Kier molecular flexibility index (Phi) is 5.49. The minimum absolute atomic E-state index is 0.0331. The van der Waals surface area contributed by atoms with Crippen molar-refractivity contribution in [2.75, 3.05) is 0 Å². The number of amides is 1. The summed E-state index contributed by atoms with van der Waals surface area (Å²) in [6.45, 7) is -1.16. The topological polar surface area (TPSA) is 84.9 Å². The Hall–Kier alpha value is -2.22. The van der Waals surface area contributed by atoms with Gasteiger partial charge in [0.2, 0.25) is 5.91 Å². The van der Waals surface area contributed by atoms with Crippen molar-refractivity contribution in [3.05, 3.63) is 29.8 Å². The second kappa shape index (κ2) is 7.36. The maximum absolute atomic E-state index is 12.1. The van der Waals surface area contributed by atoms with Gasteiger partial charge in [0.1, 0.15) is 11.9 Å². The zero-order valence-electron chi connectivity index (χ0n) is 12.4. The van der Waals surface area contributed by atoms with Gasteiger partial charge in [-0.2, -0.15) is 8.78 Å². The number of rotatable bonds is 6. The van der Waals surface area contributed by atoms with Crippen LogP contribution in [0.5, 0.6) is 5.75 Å². The predicted octanol–water partition coefficient (Wildman–Crippen LogP) is 2.10. The van der Waals surface area contributed by atoms with Crippen LogP contribution >= 0.6 is 0 Å². The molecule has 1 heterocycles. The third kappa shape index (κ3) is 4.62. The number of hydrogen-bond donors (Lipinski definition) is 2. The number of nitrogens with one attached hydrogen (secondary N) is 1. The summed E-state index contributed by atoms with van der Waals surface area (Å²) in [6, 6.07) is 5.53. The van der Waals surface area contributed by atoms with Gasteiger partial charge < -0.3 is 19.9 Å². The molecule has 0 aromatic heterocycles. The molecule has 3 atom stereocenters. The molecule has 0 aliphatic carbocycles. The second-order valence-corrected chi connectivity index (χ2v) is 5.21. The molecule has 6 nitrogen and oxygen atoms in total. The van der Waals surface area contributed by atoms with E-state index in [1.54, 1.807) is 19.1 Å². The van der Waals surface area contributed by atoms with Crippen molar-refractivity contribution < 1.29 is 33.0 Å². The van der Waals surface area contributed by atoms with Crippen LogP contribution in [0.1, 0.15) is 31.4 Å². The first kappa shape index (κ1) is 17.1. The maximum atomic E-state index is 12.1. The fourth-order valence-corrected chi connectivity index (χ4v) is 2.34. The summed E-state index contributed by atoms with van der Waals surface area (Å²) in [5.74, 6) is -1.44. The van der Waals surface area contributed by atoms with Crippen molar-refractivity contribution in [3.63, 3.8) is 0 Å². The number of benzene rings is 1. The number of carbonyl (C=O) groups excluding carboxylic acids is 1. The molecular formula is C15H17F2NO5. The summed E-state index contributed by atoms with van der Waals surface area (Å²) in [4.78, 5) is 22.9. The van der Waals surface area contributed by atoms with Crippen LogP contribution in [0.3, 0.4) is 0 Å². The lowest BCUT2D eigenvalue weighted by atomic mass is 10.1. The standard InChI is InChI=1S/C15H17F2NO5/c1-8(9-2-4-10(5-3-9)22-15(16)17)18-13(19)11-6-7-12(23-11)14(20)21/h2-5,8,11-12,15H,6-7H2,1H3,(H,18,19)(H,20,21)/t8?,11-,12+/m0/s1. The molecule has 2 rings (SSSR count). The smallest absolute Gasteiger partial charge is 0.387 e. The number of ether oxygens (including phenoxy) is 2. The molecule has 1 fully saturated rings. The van der Waals surface area contributed by atoms with Crippen LogP contribution in [-0.4, -0.2) is 35.8 Å². The Labute approximate surface area is 131 Å². The van der Waals surface area contributed by atoms with Gasteiger partial charge in [-0.05, 0) is 37.5 Å². The van der Waals surface area contributed by atoms with Crippen LogP contribution in [0.2, 0.25) is 0 Å². The average Bonchev–Trinajstić information content (AvgIpc) is 2.97. The lowest BCUT2D eigenvalue weighted by Crippen LogP contribution is -2.37. The number of hydrogen-bond acceptors (Lipinski definition) is 4. The summed E-state index contributed by atoms with van der Waals surface area (Å²) >= 11 is 0. The van der Waals surface area contributed by atoms with Crippen molar-refractivity contribution in [1.29, 1.82) is 0 Å². The molecule has 1 aromatic carbocycles. The molecule has 0 spiro atoms. The van der Waals surface area contributed by atoms with Gasteiger partial charge >= 0.3 is 12.6 Å². The lowest BCUT2D eigenvalue weighted by Gasteiger charge is -2.18. The summed E-state index contributed by atoms with van der Waals surface area (Å²) in [6.07, 6.45) is -1.11.